The van der Waals surface area contributed by atoms with Gasteiger partial charge in [-0.15, -0.1) is 0 Å². The van der Waals surface area contributed by atoms with Gasteiger partial charge in [0.1, 0.15) is 12.3 Å². The minimum absolute atomic E-state index is 0.00120. The molecule has 184 valence electrons. The summed E-state index contributed by atoms with van der Waals surface area (Å²) in [5, 5.41) is 4.55. The summed E-state index contributed by atoms with van der Waals surface area (Å²) in [6.07, 6.45) is 9.75. The largest absolute Gasteiger partial charge is 0.497 e. The maximum Gasteiger partial charge on any atom is 0.267 e. The van der Waals surface area contributed by atoms with Crippen molar-refractivity contribution in [3.05, 3.63) is 58.4 Å². The van der Waals surface area contributed by atoms with Crippen LogP contribution in [0.4, 0.5) is 0 Å². The Bertz CT molecular complexity index is 1190. The quantitative estimate of drug-likeness (QED) is 0.636. The highest BCUT2D eigenvalue weighted by atomic mass is 16.5. The predicted molar refractivity (Wildman–Crippen MR) is 134 cm³/mol. The van der Waals surface area contributed by atoms with Crippen LogP contribution >= 0.6 is 0 Å². The lowest BCUT2D eigenvalue weighted by Gasteiger charge is -2.54. The molecule has 7 nitrogen and oxygen atoms in total. The first kappa shape index (κ1) is 22.5. The summed E-state index contributed by atoms with van der Waals surface area (Å²) >= 11 is 0. The Morgan fingerprint density at radius 3 is 2.77 bits per heavy atom. The van der Waals surface area contributed by atoms with Crippen LogP contribution in [-0.4, -0.2) is 64.3 Å². The maximum absolute atomic E-state index is 13.6. The zero-order chi connectivity index (χ0) is 23.9. The van der Waals surface area contributed by atoms with Crippen LogP contribution in [0.1, 0.15) is 38.5 Å². The van der Waals surface area contributed by atoms with E-state index in [0.717, 1.165) is 37.2 Å². The number of fused-ring (bicyclic) bond motifs is 6. The molecule has 7 heteroatoms. The molecule has 0 N–H and O–H groups in total. The van der Waals surface area contributed by atoms with Crippen molar-refractivity contribution in [3.8, 4) is 17.0 Å². The van der Waals surface area contributed by atoms with Crippen molar-refractivity contribution < 1.29 is 9.53 Å². The summed E-state index contributed by atoms with van der Waals surface area (Å²) in [5.74, 6) is 1.90. The summed E-state index contributed by atoms with van der Waals surface area (Å²) in [5.41, 5.74) is 2.76. The summed E-state index contributed by atoms with van der Waals surface area (Å²) in [6, 6.07) is 11.7. The number of carbonyl (C=O) groups excluding carboxylic acids is 1. The minimum atomic E-state index is -0.249. The molecular weight excluding hydrogens is 440 g/mol. The van der Waals surface area contributed by atoms with Crippen LogP contribution in [0, 0.1) is 11.8 Å². The second-order valence-electron chi connectivity index (χ2n) is 10.5. The van der Waals surface area contributed by atoms with Crippen LogP contribution < -0.4 is 10.3 Å². The number of hydrogen-bond donors (Lipinski definition) is 0. The molecule has 0 spiro atoms. The van der Waals surface area contributed by atoms with E-state index in [4.69, 9.17) is 4.74 Å². The molecule has 1 aliphatic carbocycles. The topological polar surface area (TPSA) is 67.7 Å². The first-order valence-electron chi connectivity index (χ1n) is 13.1. The Balaban J connectivity index is 1.24. The van der Waals surface area contributed by atoms with Gasteiger partial charge in [0.05, 0.1) is 18.8 Å². The number of rotatable bonds is 4. The zero-order valence-corrected chi connectivity index (χ0v) is 20.4. The Labute approximate surface area is 206 Å². The van der Waals surface area contributed by atoms with Crippen molar-refractivity contribution >= 4 is 5.91 Å². The molecule has 4 atom stereocenters. The molecule has 3 saturated heterocycles. The Kier molecular flexibility index (Phi) is 5.96. The van der Waals surface area contributed by atoms with Gasteiger partial charge in [0, 0.05) is 30.8 Å². The lowest BCUT2D eigenvalue weighted by molar-refractivity contribution is -0.137. The highest BCUT2D eigenvalue weighted by Crippen LogP contribution is 2.45. The second-order valence-corrected chi connectivity index (χ2v) is 10.5. The first-order valence-corrected chi connectivity index (χ1v) is 13.1. The van der Waals surface area contributed by atoms with E-state index in [1.807, 2.05) is 24.3 Å². The van der Waals surface area contributed by atoms with E-state index in [0.29, 0.717) is 23.6 Å². The van der Waals surface area contributed by atoms with E-state index in [-0.39, 0.29) is 24.1 Å². The van der Waals surface area contributed by atoms with Crippen molar-refractivity contribution in [1.82, 2.24) is 19.6 Å². The van der Waals surface area contributed by atoms with Crippen molar-refractivity contribution in [3.63, 3.8) is 0 Å². The van der Waals surface area contributed by atoms with Gasteiger partial charge in [0.15, 0.2) is 0 Å². The molecule has 2 aromatic rings. The van der Waals surface area contributed by atoms with Gasteiger partial charge >= 0.3 is 0 Å². The van der Waals surface area contributed by atoms with E-state index in [1.165, 1.54) is 48.5 Å². The van der Waals surface area contributed by atoms with E-state index in [2.05, 4.69) is 21.0 Å². The number of nitrogens with zero attached hydrogens (tertiary/aromatic N) is 4. The molecule has 2 bridgehead atoms. The van der Waals surface area contributed by atoms with Crippen molar-refractivity contribution in [2.45, 2.75) is 57.2 Å². The fraction of sp³-hybridized carbons (Fsp3) is 0.536. The van der Waals surface area contributed by atoms with Gasteiger partial charge in [-0.3, -0.25) is 14.5 Å². The van der Waals surface area contributed by atoms with Crippen molar-refractivity contribution in [2.24, 2.45) is 11.8 Å². The van der Waals surface area contributed by atoms with Gasteiger partial charge in [-0.05, 0) is 80.8 Å². The van der Waals surface area contributed by atoms with Gasteiger partial charge in [-0.1, -0.05) is 18.1 Å². The van der Waals surface area contributed by atoms with Crippen LogP contribution in [0.3, 0.4) is 0 Å². The normalized spacial score (nSPS) is 28.0. The fourth-order valence-corrected chi connectivity index (χ4v) is 6.95. The third-order valence-corrected chi connectivity index (χ3v) is 8.51. The minimum Gasteiger partial charge on any atom is -0.497 e. The molecule has 4 heterocycles. The average Bonchev–Trinajstić information content (AvgIpc) is 2.89. The summed E-state index contributed by atoms with van der Waals surface area (Å²) in [7, 11) is 1.63. The lowest BCUT2D eigenvalue weighted by atomic mass is 9.68. The number of benzene rings is 1. The number of ether oxygens (including phenoxy) is 1. The van der Waals surface area contributed by atoms with Gasteiger partial charge in [-0.2, -0.15) is 5.10 Å². The van der Waals surface area contributed by atoms with Crippen molar-refractivity contribution in [1.29, 1.82) is 0 Å². The maximum atomic E-state index is 13.6. The molecule has 1 aromatic heterocycles. The number of hydrogen-bond acceptors (Lipinski definition) is 5. The molecule has 4 aliphatic rings. The third kappa shape index (κ3) is 4.20. The van der Waals surface area contributed by atoms with E-state index in [9.17, 15) is 9.59 Å². The Hall–Kier alpha value is -2.93. The van der Waals surface area contributed by atoms with Crippen molar-refractivity contribution in [2.75, 3.05) is 26.7 Å². The van der Waals surface area contributed by atoms with Crippen LogP contribution in [0.15, 0.2) is 52.8 Å². The standard InChI is InChI=1S/C28H34N4O3/c1-35-23-9-7-19(8-10-23)24-11-12-26(33)32(29-24)18-27(34)31-14-4-5-20-15-21-16-22(28(20)31)17-30-13-3-2-6-25(21)30/h7-12,15,21-22,25,28H,2-6,13-14,16-18H2,1H3/t21-,22-,25-,28-/m0/s1. The molecular formula is C28H34N4O3. The van der Waals surface area contributed by atoms with Crippen LogP contribution in [0.25, 0.3) is 11.3 Å². The monoisotopic (exact) mass is 474 g/mol. The summed E-state index contributed by atoms with van der Waals surface area (Å²) < 4.78 is 6.56. The summed E-state index contributed by atoms with van der Waals surface area (Å²) in [6.45, 7) is 3.03. The smallest absolute Gasteiger partial charge is 0.267 e. The number of piperidine rings is 3. The molecule has 1 amide bonds. The molecule has 3 aliphatic heterocycles. The number of likely N-dealkylation sites (tertiary alicyclic amines) is 1. The van der Waals surface area contributed by atoms with Crippen LogP contribution in [0.2, 0.25) is 0 Å². The van der Waals surface area contributed by atoms with Crippen LogP contribution in [0.5, 0.6) is 5.75 Å². The predicted octanol–water partition coefficient (Wildman–Crippen LogP) is 3.34. The second kappa shape index (κ2) is 9.26. The average molecular weight is 475 g/mol. The van der Waals surface area contributed by atoms with E-state index in [1.54, 1.807) is 13.2 Å². The molecule has 0 radical (unpaired) electrons. The molecule has 3 fully saturated rings. The number of carbonyl (C=O) groups is 1. The summed E-state index contributed by atoms with van der Waals surface area (Å²) in [4.78, 5) is 31.0. The SMILES string of the molecule is COc1ccc(-c2ccc(=O)n(CC(=O)N3CCCC4=C[C@H]5C[C@@H](CN6CCCC[C@@H]56)[C@H]43)n2)cc1. The van der Waals surface area contributed by atoms with E-state index >= 15 is 0 Å². The van der Waals surface area contributed by atoms with Crippen LogP contribution in [-0.2, 0) is 11.3 Å². The first-order chi connectivity index (χ1) is 17.1. The number of amides is 1. The molecule has 0 saturated carbocycles. The lowest BCUT2D eigenvalue weighted by Crippen LogP contribution is -2.60. The molecule has 1 aromatic carbocycles. The fourth-order valence-electron chi connectivity index (χ4n) is 6.95. The zero-order valence-electron chi connectivity index (χ0n) is 20.4. The molecule has 35 heavy (non-hydrogen) atoms. The Morgan fingerprint density at radius 2 is 1.94 bits per heavy atom. The number of methoxy groups -OCH3 is 1. The molecule has 0 unspecified atom stereocenters. The Morgan fingerprint density at radius 1 is 1.09 bits per heavy atom. The highest BCUT2D eigenvalue weighted by Gasteiger charge is 2.46. The van der Waals surface area contributed by atoms with Gasteiger partial charge in [0.25, 0.3) is 5.56 Å². The van der Waals surface area contributed by atoms with Gasteiger partial charge < -0.3 is 9.64 Å². The highest BCUT2D eigenvalue weighted by molar-refractivity contribution is 5.77. The third-order valence-electron chi connectivity index (χ3n) is 8.51. The van der Waals surface area contributed by atoms with E-state index < -0.39 is 0 Å². The number of aromatic nitrogens is 2. The van der Waals surface area contributed by atoms with Gasteiger partial charge in [-0.25, -0.2) is 4.68 Å². The van der Waals surface area contributed by atoms with Gasteiger partial charge in [0.2, 0.25) is 5.91 Å². The molecule has 6 rings (SSSR count).